The molecule has 0 unspecified atom stereocenters. The van der Waals surface area contributed by atoms with Gasteiger partial charge in [-0.05, 0) is 25.0 Å². The molecule has 1 aromatic carbocycles. The van der Waals surface area contributed by atoms with Crippen LogP contribution in [0.1, 0.15) is 75.6 Å². The molecule has 132 valence electrons. The van der Waals surface area contributed by atoms with Crippen LogP contribution in [0.15, 0.2) is 30.3 Å². The molecule has 0 aromatic heterocycles. The first kappa shape index (κ1) is 21.6. The Labute approximate surface area is 140 Å². The lowest BCUT2D eigenvalue weighted by Gasteiger charge is -2.03. The van der Waals surface area contributed by atoms with E-state index >= 15 is 0 Å². The fourth-order valence-electron chi connectivity index (χ4n) is 1.87. The van der Waals surface area contributed by atoms with Crippen molar-refractivity contribution in [3.63, 3.8) is 0 Å². The zero-order valence-corrected chi connectivity index (χ0v) is 14.6. The Bertz CT molecular complexity index is 353. The normalized spacial score (nSPS) is 10.0. The SMILES string of the molecule is CCCCCCOOCCCCCC.O=C(O)c1ccccc1. The number of carbonyl (C=O) groups is 1. The molecule has 0 spiro atoms. The van der Waals surface area contributed by atoms with Crippen molar-refractivity contribution in [3.05, 3.63) is 35.9 Å². The van der Waals surface area contributed by atoms with Gasteiger partial charge in [-0.1, -0.05) is 70.6 Å². The molecular weight excluding hydrogens is 292 g/mol. The molecule has 0 saturated carbocycles. The van der Waals surface area contributed by atoms with Gasteiger partial charge in [0, 0.05) is 0 Å². The Morgan fingerprint density at radius 1 is 0.826 bits per heavy atom. The highest BCUT2D eigenvalue weighted by molar-refractivity contribution is 5.87. The standard InChI is InChI=1S/C12H26O2.C7H6O2/c1-3-5-7-9-11-13-14-12-10-8-6-4-2;8-7(9)6-4-2-1-3-5-6/h3-12H2,1-2H3;1-5H,(H,8,9). The van der Waals surface area contributed by atoms with E-state index in [4.69, 9.17) is 14.9 Å². The topological polar surface area (TPSA) is 55.8 Å². The van der Waals surface area contributed by atoms with Crippen molar-refractivity contribution in [2.24, 2.45) is 0 Å². The van der Waals surface area contributed by atoms with E-state index in [9.17, 15) is 4.79 Å². The fourth-order valence-corrected chi connectivity index (χ4v) is 1.87. The van der Waals surface area contributed by atoms with E-state index in [0.717, 1.165) is 26.1 Å². The molecule has 0 aliphatic rings. The van der Waals surface area contributed by atoms with Crippen molar-refractivity contribution < 1.29 is 19.7 Å². The van der Waals surface area contributed by atoms with Crippen LogP contribution in [-0.4, -0.2) is 24.3 Å². The van der Waals surface area contributed by atoms with Gasteiger partial charge in [-0.15, -0.1) is 0 Å². The molecule has 0 bridgehead atoms. The van der Waals surface area contributed by atoms with Crippen LogP contribution in [0.3, 0.4) is 0 Å². The van der Waals surface area contributed by atoms with Gasteiger partial charge in [0.05, 0.1) is 18.8 Å². The Balaban J connectivity index is 0.000000459. The van der Waals surface area contributed by atoms with E-state index in [0.29, 0.717) is 5.56 Å². The molecule has 0 saturated heterocycles. The van der Waals surface area contributed by atoms with Crippen LogP contribution in [0.4, 0.5) is 0 Å². The Morgan fingerprint density at radius 2 is 1.30 bits per heavy atom. The van der Waals surface area contributed by atoms with E-state index in [-0.39, 0.29) is 0 Å². The number of benzene rings is 1. The minimum Gasteiger partial charge on any atom is -0.478 e. The Kier molecular flexibility index (Phi) is 15.9. The summed E-state index contributed by atoms with van der Waals surface area (Å²) >= 11 is 0. The van der Waals surface area contributed by atoms with Crippen LogP contribution in [0.25, 0.3) is 0 Å². The summed E-state index contributed by atoms with van der Waals surface area (Å²) in [6.45, 7) is 5.94. The highest BCUT2D eigenvalue weighted by Gasteiger charge is 1.96. The first-order valence-electron chi connectivity index (χ1n) is 8.75. The predicted molar refractivity (Wildman–Crippen MR) is 93.6 cm³/mol. The lowest BCUT2D eigenvalue weighted by atomic mass is 10.2. The molecule has 4 nitrogen and oxygen atoms in total. The van der Waals surface area contributed by atoms with Crippen LogP contribution in [0, 0.1) is 0 Å². The number of carboxylic acid groups (broad SMARTS) is 1. The van der Waals surface area contributed by atoms with Crippen LogP contribution in [0.2, 0.25) is 0 Å². The highest BCUT2D eigenvalue weighted by atomic mass is 17.2. The molecule has 1 rings (SSSR count). The molecule has 23 heavy (non-hydrogen) atoms. The molecule has 0 amide bonds. The zero-order valence-electron chi connectivity index (χ0n) is 14.6. The van der Waals surface area contributed by atoms with E-state index in [1.807, 2.05) is 0 Å². The monoisotopic (exact) mass is 324 g/mol. The molecule has 0 heterocycles. The maximum atomic E-state index is 10.2. The number of rotatable bonds is 12. The van der Waals surface area contributed by atoms with Crippen LogP contribution in [-0.2, 0) is 9.78 Å². The molecule has 0 aliphatic heterocycles. The lowest BCUT2D eigenvalue weighted by molar-refractivity contribution is -0.295. The highest BCUT2D eigenvalue weighted by Crippen LogP contribution is 2.01. The number of carboxylic acids is 1. The molecule has 0 aliphatic carbocycles. The average Bonchev–Trinajstić information content (AvgIpc) is 2.58. The Morgan fingerprint density at radius 3 is 1.65 bits per heavy atom. The van der Waals surface area contributed by atoms with E-state index < -0.39 is 5.97 Å². The maximum Gasteiger partial charge on any atom is 0.335 e. The van der Waals surface area contributed by atoms with Gasteiger partial charge in [-0.3, -0.25) is 0 Å². The van der Waals surface area contributed by atoms with Gasteiger partial charge in [0.25, 0.3) is 0 Å². The summed E-state index contributed by atoms with van der Waals surface area (Å²) in [6, 6.07) is 8.30. The zero-order chi connectivity index (χ0) is 17.2. The fraction of sp³-hybridized carbons (Fsp3) is 0.632. The smallest absolute Gasteiger partial charge is 0.335 e. The van der Waals surface area contributed by atoms with Gasteiger partial charge in [-0.2, -0.15) is 0 Å². The summed E-state index contributed by atoms with van der Waals surface area (Å²) in [6.07, 6.45) is 9.94. The van der Waals surface area contributed by atoms with Crippen molar-refractivity contribution in [2.45, 2.75) is 65.2 Å². The minimum atomic E-state index is -0.879. The van der Waals surface area contributed by atoms with Crippen molar-refractivity contribution in [1.82, 2.24) is 0 Å². The third-order valence-corrected chi connectivity index (χ3v) is 3.27. The predicted octanol–water partition coefficient (Wildman–Crippen LogP) is 5.48. The number of aromatic carboxylic acids is 1. The van der Waals surface area contributed by atoms with Crippen molar-refractivity contribution in [3.8, 4) is 0 Å². The van der Waals surface area contributed by atoms with Gasteiger partial charge >= 0.3 is 5.97 Å². The van der Waals surface area contributed by atoms with Crippen LogP contribution < -0.4 is 0 Å². The van der Waals surface area contributed by atoms with Crippen molar-refractivity contribution >= 4 is 5.97 Å². The first-order valence-corrected chi connectivity index (χ1v) is 8.75. The van der Waals surface area contributed by atoms with E-state index in [2.05, 4.69) is 13.8 Å². The summed E-state index contributed by atoms with van der Waals surface area (Å²) in [4.78, 5) is 20.3. The largest absolute Gasteiger partial charge is 0.478 e. The first-order chi connectivity index (χ1) is 11.2. The Hall–Kier alpha value is -1.39. The van der Waals surface area contributed by atoms with E-state index in [1.54, 1.807) is 30.3 Å². The molecule has 1 aromatic rings. The molecule has 0 atom stereocenters. The summed E-state index contributed by atoms with van der Waals surface area (Å²) in [5, 5.41) is 8.38. The molecular formula is C19H32O4. The number of unbranched alkanes of at least 4 members (excludes halogenated alkanes) is 6. The molecule has 0 fully saturated rings. The molecule has 1 N–H and O–H groups in total. The van der Waals surface area contributed by atoms with E-state index in [1.165, 1.54) is 38.5 Å². The average molecular weight is 324 g/mol. The third kappa shape index (κ3) is 15.3. The molecule has 4 heteroatoms. The quantitative estimate of drug-likeness (QED) is 0.314. The van der Waals surface area contributed by atoms with Gasteiger partial charge < -0.3 is 5.11 Å². The van der Waals surface area contributed by atoms with Crippen molar-refractivity contribution in [1.29, 1.82) is 0 Å². The van der Waals surface area contributed by atoms with Gasteiger partial charge in [0.2, 0.25) is 0 Å². The van der Waals surface area contributed by atoms with Crippen LogP contribution >= 0.6 is 0 Å². The summed E-state index contributed by atoms with van der Waals surface area (Å²) < 4.78 is 0. The summed E-state index contributed by atoms with van der Waals surface area (Å²) in [5.41, 5.74) is 0.331. The molecule has 0 radical (unpaired) electrons. The maximum absolute atomic E-state index is 10.2. The number of hydrogen-bond acceptors (Lipinski definition) is 3. The lowest BCUT2D eigenvalue weighted by Crippen LogP contribution is -1.98. The third-order valence-electron chi connectivity index (χ3n) is 3.27. The minimum absolute atomic E-state index is 0.331. The number of hydrogen-bond donors (Lipinski definition) is 1. The van der Waals surface area contributed by atoms with Gasteiger partial charge in [0.1, 0.15) is 0 Å². The van der Waals surface area contributed by atoms with Crippen LogP contribution in [0.5, 0.6) is 0 Å². The second-order valence-corrected chi connectivity index (χ2v) is 5.44. The van der Waals surface area contributed by atoms with Gasteiger partial charge in [0.15, 0.2) is 0 Å². The van der Waals surface area contributed by atoms with Gasteiger partial charge in [-0.25, -0.2) is 14.6 Å². The van der Waals surface area contributed by atoms with Crippen molar-refractivity contribution in [2.75, 3.05) is 13.2 Å². The second kappa shape index (κ2) is 17.0. The summed E-state index contributed by atoms with van der Waals surface area (Å²) in [5.74, 6) is -0.879. The summed E-state index contributed by atoms with van der Waals surface area (Å²) in [7, 11) is 0. The second-order valence-electron chi connectivity index (χ2n) is 5.44.